The van der Waals surface area contributed by atoms with E-state index in [2.05, 4.69) is 408 Å². The Morgan fingerprint density at radius 2 is 0.730 bits per heavy atom. The molecule has 0 radical (unpaired) electrons. The van der Waals surface area contributed by atoms with Gasteiger partial charge in [-0.25, -0.2) is 0 Å². The van der Waals surface area contributed by atoms with Crippen LogP contribution in [-0.2, 0) is 28.1 Å². The van der Waals surface area contributed by atoms with Gasteiger partial charge in [0.2, 0.25) is 0 Å². The van der Waals surface area contributed by atoms with E-state index in [1.807, 2.05) is 0 Å². The lowest BCUT2D eigenvalue weighted by Crippen LogP contribution is -2.21. The van der Waals surface area contributed by atoms with Gasteiger partial charge in [0, 0.05) is 49.8 Å². The summed E-state index contributed by atoms with van der Waals surface area (Å²) >= 11 is 0. The van der Waals surface area contributed by atoms with Crippen LogP contribution in [0.3, 0.4) is 0 Å². The molecule has 0 aliphatic heterocycles. The number of hydrogen-bond donors (Lipinski definition) is 0. The summed E-state index contributed by atoms with van der Waals surface area (Å²) in [4.78, 5) is 5.07. The lowest BCUT2D eigenvalue weighted by Gasteiger charge is -2.34. The number of aryl methyl sites for hydroxylation is 1. The van der Waals surface area contributed by atoms with Crippen LogP contribution in [0.2, 0.25) is 0 Å². The molecule has 0 heterocycles. The monoisotopic (exact) mass is 1430 g/mol. The minimum absolute atomic E-state index is 0.0292. The zero-order valence-electron chi connectivity index (χ0n) is 66.2. The van der Waals surface area contributed by atoms with E-state index in [1.165, 1.54) is 183 Å². The van der Waals surface area contributed by atoms with Crippen molar-refractivity contribution >= 4 is 91.1 Å². The predicted octanol–water partition coefficient (Wildman–Crippen LogP) is 30.3. The summed E-state index contributed by atoms with van der Waals surface area (Å²) in [7, 11) is 0. The van der Waals surface area contributed by atoms with Crippen LogP contribution in [0.1, 0.15) is 175 Å². The maximum atomic E-state index is 2.58. The Hall–Kier alpha value is -11.8. The highest BCUT2D eigenvalue weighted by atomic mass is 15.2. The van der Waals surface area contributed by atoms with Crippen LogP contribution in [0.5, 0.6) is 0 Å². The van der Waals surface area contributed by atoms with E-state index in [9.17, 15) is 0 Å². The third-order valence-corrected chi connectivity index (χ3v) is 25.6. The summed E-state index contributed by atoms with van der Waals surface area (Å²) in [5.41, 5.74) is 38.2. The summed E-state index contributed by atoms with van der Waals surface area (Å²) in [6.07, 6.45) is 22.9. The molecule has 0 atom stereocenters. The van der Waals surface area contributed by atoms with Gasteiger partial charge in [-0.1, -0.05) is 337 Å². The maximum absolute atomic E-state index is 2.58. The molecule has 0 amide bonds. The molecule has 14 aromatic carbocycles. The lowest BCUT2D eigenvalue weighted by molar-refractivity contribution is 0.479. The van der Waals surface area contributed by atoms with Gasteiger partial charge >= 0.3 is 0 Å². The molecule has 2 heteroatoms. The van der Waals surface area contributed by atoms with Gasteiger partial charge in [0.1, 0.15) is 0 Å². The van der Waals surface area contributed by atoms with E-state index in [4.69, 9.17) is 0 Å². The van der Waals surface area contributed by atoms with Crippen molar-refractivity contribution in [2.24, 2.45) is 5.41 Å². The molecule has 111 heavy (non-hydrogen) atoms. The Bertz CT molecular complexity index is 6370. The summed E-state index contributed by atoms with van der Waals surface area (Å²) in [5, 5.41) is 7.48. The molecular weight excluding hydrogens is 1340 g/mol. The number of benzene rings is 14. The maximum Gasteiger partial charge on any atom is 0.0540 e. The summed E-state index contributed by atoms with van der Waals surface area (Å²) in [5.74, 6) is 0. The Morgan fingerprint density at radius 3 is 1.21 bits per heavy atom. The number of anilines is 5. The molecule has 0 aromatic heterocycles. The zero-order chi connectivity index (χ0) is 76.0. The van der Waals surface area contributed by atoms with E-state index in [-0.39, 0.29) is 27.1 Å². The van der Waals surface area contributed by atoms with Crippen molar-refractivity contribution in [3.63, 3.8) is 0 Å². The summed E-state index contributed by atoms with van der Waals surface area (Å²) in [6, 6.07) is 102. The van der Waals surface area contributed by atoms with Crippen LogP contribution in [0.4, 0.5) is 28.4 Å². The molecule has 2 nitrogen and oxygen atoms in total. The van der Waals surface area contributed by atoms with Gasteiger partial charge < -0.3 is 9.80 Å². The average Bonchev–Trinajstić information content (AvgIpc) is 1.64. The first-order valence-electron chi connectivity index (χ1n) is 40.2. The molecule has 0 N–H and O–H groups in total. The Balaban J connectivity index is 0.577. The molecule has 0 fully saturated rings. The van der Waals surface area contributed by atoms with E-state index < -0.39 is 0 Å². The largest absolute Gasteiger partial charge is 0.314 e. The van der Waals surface area contributed by atoms with Gasteiger partial charge in [0.25, 0.3) is 0 Å². The third-order valence-electron chi connectivity index (χ3n) is 25.6. The SMILES string of the molecule is CC(C)(C)C1=CC=C(N(c2ccc3c(c2)C(C)(C)c2cc(/C=C/c4ccc5c(c4)C(C)(C)c4cc(/C=C/c6ccc7c(c6)C(C)(C)c6cc(N(c8ccc(C(C)(C)C)cc8)c8ccc(-c9ccc%10ccccc%10c9)c9ccccc89)ccc6-7)ccc4-5)ccc2-3)c2ccc(-c3ccc4c(c3)C=CCC4)c3ccccc23)CC1. The second-order valence-electron chi connectivity index (χ2n) is 35.6. The molecular formula is C109H96N2. The van der Waals surface area contributed by atoms with Crippen LogP contribution < -0.4 is 9.80 Å². The second kappa shape index (κ2) is 26.2. The van der Waals surface area contributed by atoms with E-state index in [0.29, 0.717) is 0 Å². The third kappa shape index (κ3) is 11.9. The quantitative estimate of drug-likeness (QED) is 0.113. The molecule has 5 aliphatic carbocycles. The van der Waals surface area contributed by atoms with Gasteiger partial charge in [-0.05, 0) is 253 Å². The Kier molecular flexibility index (Phi) is 16.4. The second-order valence-corrected chi connectivity index (χ2v) is 35.6. The van der Waals surface area contributed by atoms with Crippen molar-refractivity contribution < 1.29 is 0 Å². The van der Waals surface area contributed by atoms with Crippen molar-refractivity contribution in [2.45, 2.75) is 130 Å². The van der Waals surface area contributed by atoms with Crippen LogP contribution in [-0.4, -0.2) is 0 Å². The van der Waals surface area contributed by atoms with Crippen LogP contribution in [0, 0.1) is 5.41 Å². The number of fused-ring (bicyclic) bond motifs is 13. The normalized spacial score (nSPS) is 15.5. The topological polar surface area (TPSA) is 6.48 Å². The van der Waals surface area contributed by atoms with Crippen LogP contribution in [0.15, 0.2) is 296 Å². The molecule has 0 saturated heterocycles. The number of hydrogen-bond acceptors (Lipinski definition) is 2. The average molecular weight is 1430 g/mol. The fraction of sp³-hybridized carbons (Fsp3) is 0.193. The highest BCUT2D eigenvalue weighted by molar-refractivity contribution is 6.09. The number of allylic oxidation sites excluding steroid dienone is 5. The smallest absolute Gasteiger partial charge is 0.0540 e. The fourth-order valence-electron chi connectivity index (χ4n) is 19.2. The van der Waals surface area contributed by atoms with Gasteiger partial charge in [-0.2, -0.15) is 0 Å². The first-order chi connectivity index (χ1) is 53.5. The highest BCUT2D eigenvalue weighted by Gasteiger charge is 2.40. The fourth-order valence-corrected chi connectivity index (χ4v) is 19.2. The standard InChI is InChI=1S/C109H96N2/c1-105(2,3)79-41-45-81(46-42-79)110(103-59-57-85(87-25-17-19-27-95(87)103)77-39-37-73-21-13-15-23-75(73)65-77)83-49-55-93-91-53-35-71(63-99(91)108(9,10)101(93)67-83)31-29-69-33-51-89-90-52-34-70(62-98(90)107(7,8)97(89)61-69)30-32-72-36-54-92-94-56-50-84(68-102(94)109(11,12)100(92)64-72)111(82-47-43-80(44-48-82)106(4,5)6)104-60-58-86(88-26-18-20-28-96(88)104)78-40-38-74-22-14-16-24-76(74)66-78/h13,15-21,23-43,45-47,49-68H,14,22,44,48H2,1-12H3/b31-29+,32-30+. The minimum Gasteiger partial charge on any atom is -0.314 e. The van der Waals surface area contributed by atoms with Crippen molar-refractivity contribution in [3.8, 4) is 55.6 Å². The number of nitrogens with zero attached hydrogens (tertiary/aromatic N) is 2. The van der Waals surface area contributed by atoms with Gasteiger partial charge in [0.05, 0.1) is 11.4 Å². The van der Waals surface area contributed by atoms with Crippen molar-refractivity contribution in [1.82, 2.24) is 0 Å². The minimum atomic E-state index is -0.249. The molecule has 0 saturated carbocycles. The van der Waals surface area contributed by atoms with E-state index >= 15 is 0 Å². The summed E-state index contributed by atoms with van der Waals surface area (Å²) < 4.78 is 0. The predicted molar refractivity (Wildman–Crippen MR) is 477 cm³/mol. The lowest BCUT2D eigenvalue weighted by atomic mass is 9.81. The van der Waals surface area contributed by atoms with Crippen molar-refractivity contribution in [2.75, 3.05) is 9.80 Å². The molecule has 542 valence electrons. The molecule has 19 rings (SSSR count). The Morgan fingerprint density at radius 1 is 0.315 bits per heavy atom. The Labute approximate surface area is 656 Å². The van der Waals surface area contributed by atoms with Crippen LogP contribution in [0.25, 0.3) is 118 Å². The van der Waals surface area contributed by atoms with Crippen LogP contribution >= 0.6 is 0 Å². The van der Waals surface area contributed by atoms with E-state index in [1.54, 1.807) is 0 Å². The molecule has 0 unspecified atom stereocenters. The molecule has 0 bridgehead atoms. The first kappa shape index (κ1) is 69.6. The van der Waals surface area contributed by atoms with Gasteiger partial charge in [0.15, 0.2) is 0 Å². The molecule has 14 aromatic rings. The van der Waals surface area contributed by atoms with Gasteiger partial charge in [-0.15, -0.1) is 0 Å². The first-order valence-corrected chi connectivity index (χ1v) is 40.2. The highest BCUT2D eigenvalue weighted by Crippen LogP contribution is 2.56. The van der Waals surface area contributed by atoms with Crippen molar-refractivity contribution in [3.05, 3.63) is 369 Å². The molecule has 0 spiro atoms. The van der Waals surface area contributed by atoms with Gasteiger partial charge in [-0.3, -0.25) is 0 Å². The van der Waals surface area contributed by atoms with E-state index in [0.717, 1.165) is 42.7 Å². The zero-order valence-corrected chi connectivity index (χ0v) is 66.2. The number of rotatable bonds is 12. The molecule has 5 aliphatic rings. The summed E-state index contributed by atoms with van der Waals surface area (Å²) in [6.45, 7) is 28.4. The van der Waals surface area contributed by atoms with Crippen molar-refractivity contribution in [1.29, 1.82) is 0 Å².